The molecule has 2 rings (SSSR count). The number of carboxylic acid groups (broad SMARTS) is 1. The molecule has 5 heteroatoms. The van der Waals surface area contributed by atoms with Gasteiger partial charge in [-0.2, -0.15) is 0 Å². The van der Waals surface area contributed by atoms with Crippen molar-refractivity contribution in [2.24, 2.45) is 17.8 Å². The van der Waals surface area contributed by atoms with E-state index in [-0.39, 0.29) is 24.8 Å². The summed E-state index contributed by atoms with van der Waals surface area (Å²) in [7, 11) is 0. The van der Waals surface area contributed by atoms with Crippen molar-refractivity contribution in [3.63, 3.8) is 0 Å². The molecule has 17 heavy (non-hydrogen) atoms. The fraction of sp³-hybridized carbons (Fsp3) is 0.833. The van der Waals surface area contributed by atoms with Gasteiger partial charge in [0.05, 0.1) is 0 Å². The summed E-state index contributed by atoms with van der Waals surface area (Å²) >= 11 is 0. The summed E-state index contributed by atoms with van der Waals surface area (Å²) in [5.74, 6) is 0.0830. The van der Waals surface area contributed by atoms with Crippen LogP contribution >= 0.6 is 0 Å². The Hall–Kier alpha value is -1.10. The van der Waals surface area contributed by atoms with Gasteiger partial charge in [0.1, 0.15) is 0 Å². The van der Waals surface area contributed by atoms with Gasteiger partial charge in [-0.05, 0) is 24.7 Å². The number of fused-ring (bicyclic) bond motifs is 1. The molecule has 0 aliphatic heterocycles. The monoisotopic (exact) mass is 241 g/mol. The van der Waals surface area contributed by atoms with Gasteiger partial charge in [0, 0.05) is 18.9 Å². The summed E-state index contributed by atoms with van der Waals surface area (Å²) in [4.78, 5) is 22.1. The largest absolute Gasteiger partial charge is 0.479 e. The van der Waals surface area contributed by atoms with Crippen LogP contribution in [0.2, 0.25) is 0 Å². The van der Waals surface area contributed by atoms with Crippen LogP contribution in [0, 0.1) is 17.8 Å². The molecule has 0 saturated heterocycles. The molecule has 0 bridgehead atoms. The number of nitrogens with one attached hydrogen (secondary N) is 1. The second-order valence-corrected chi connectivity index (χ2v) is 5.07. The number of amides is 1. The van der Waals surface area contributed by atoms with Gasteiger partial charge in [-0.15, -0.1) is 0 Å². The van der Waals surface area contributed by atoms with Crippen molar-refractivity contribution >= 4 is 11.9 Å². The number of aliphatic hydroxyl groups is 1. The van der Waals surface area contributed by atoms with Gasteiger partial charge in [-0.1, -0.05) is 12.8 Å². The third kappa shape index (κ3) is 2.77. The van der Waals surface area contributed by atoms with E-state index >= 15 is 0 Å². The number of hydrogen-bond donors (Lipinski definition) is 3. The summed E-state index contributed by atoms with van der Waals surface area (Å²) in [5.41, 5.74) is 0. The zero-order valence-corrected chi connectivity index (χ0v) is 9.76. The Balaban J connectivity index is 1.67. The molecule has 2 saturated carbocycles. The molecule has 1 amide bonds. The number of carbonyl (C=O) groups is 2. The Morgan fingerprint density at radius 3 is 2.35 bits per heavy atom. The SMILES string of the molecule is O=C(NCC[C@H](O)C(=O)O)C1C2CCCCC21. The standard InChI is InChI=1S/C12H19NO4/c14-9(12(16)17)5-6-13-11(15)10-7-3-1-2-4-8(7)10/h7-10,14H,1-6H2,(H,13,15)(H,16,17)/t7?,8?,9-,10?/m0/s1. The van der Waals surface area contributed by atoms with Crippen LogP contribution in [-0.4, -0.2) is 34.7 Å². The van der Waals surface area contributed by atoms with Crippen LogP contribution < -0.4 is 5.32 Å². The molecule has 0 spiro atoms. The lowest BCUT2D eigenvalue weighted by molar-refractivity contribution is -0.147. The van der Waals surface area contributed by atoms with Crippen LogP contribution in [0.15, 0.2) is 0 Å². The van der Waals surface area contributed by atoms with Crippen LogP contribution in [0.1, 0.15) is 32.1 Å². The summed E-state index contributed by atoms with van der Waals surface area (Å²) in [6.45, 7) is 0.238. The molecule has 0 aromatic heterocycles. The minimum Gasteiger partial charge on any atom is -0.479 e. The van der Waals surface area contributed by atoms with E-state index < -0.39 is 12.1 Å². The molecule has 0 radical (unpaired) electrons. The van der Waals surface area contributed by atoms with Crippen molar-refractivity contribution in [3.05, 3.63) is 0 Å². The Morgan fingerprint density at radius 1 is 1.24 bits per heavy atom. The second-order valence-electron chi connectivity index (χ2n) is 5.07. The van der Waals surface area contributed by atoms with E-state index in [0.717, 1.165) is 12.8 Å². The van der Waals surface area contributed by atoms with Gasteiger partial charge in [0.15, 0.2) is 6.10 Å². The van der Waals surface area contributed by atoms with Gasteiger partial charge in [0.25, 0.3) is 0 Å². The van der Waals surface area contributed by atoms with E-state index in [1.54, 1.807) is 0 Å². The van der Waals surface area contributed by atoms with Crippen molar-refractivity contribution < 1.29 is 19.8 Å². The summed E-state index contributed by atoms with van der Waals surface area (Å²) in [6.07, 6.45) is 3.45. The number of carbonyl (C=O) groups excluding carboxylic acids is 1. The molecule has 2 unspecified atom stereocenters. The molecule has 3 atom stereocenters. The first-order valence-corrected chi connectivity index (χ1v) is 6.30. The van der Waals surface area contributed by atoms with Crippen LogP contribution in [0.25, 0.3) is 0 Å². The lowest BCUT2D eigenvalue weighted by atomic mass is 10.0. The lowest BCUT2D eigenvalue weighted by Gasteiger charge is -2.07. The lowest BCUT2D eigenvalue weighted by Crippen LogP contribution is -2.31. The van der Waals surface area contributed by atoms with Crippen LogP contribution in [-0.2, 0) is 9.59 Å². The minimum atomic E-state index is -1.38. The zero-order valence-electron chi connectivity index (χ0n) is 9.76. The number of aliphatic hydroxyl groups excluding tert-OH is 1. The number of rotatable bonds is 5. The summed E-state index contributed by atoms with van der Waals surface area (Å²) in [5, 5.41) is 20.2. The van der Waals surface area contributed by atoms with Crippen molar-refractivity contribution in [1.82, 2.24) is 5.32 Å². The molecule has 3 N–H and O–H groups in total. The van der Waals surface area contributed by atoms with Gasteiger partial charge in [-0.3, -0.25) is 4.79 Å². The molecule has 0 aromatic rings. The average Bonchev–Trinajstić information content (AvgIpc) is 3.02. The summed E-state index contributed by atoms with van der Waals surface area (Å²) < 4.78 is 0. The zero-order chi connectivity index (χ0) is 12.4. The van der Waals surface area contributed by atoms with Crippen molar-refractivity contribution in [1.29, 1.82) is 0 Å². The maximum absolute atomic E-state index is 11.8. The molecular formula is C12H19NO4. The van der Waals surface area contributed by atoms with Crippen molar-refractivity contribution in [2.75, 3.05) is 6.54 Å². The highest BCUT2D eigenvalue weighted by atomic mass is 16.4. The van der Waals surface area contributed by atoms with Crippen LogP contribution in [0.3, 0.4) is 0 Å². The minimum absolute atomic E-state index is 0.0412. The van der Waals surface area contributed by atoms with E-state index in [0.29, 0.717) is 11.8 Å². The summed E-state index contributed by atoms with van der Waals surface area (Å²) in [6, 6.07) is 0. The third-order valence-electron chi connectivity index (χ3n) is 3.96. The molecule has 2 fully saturated rings. The van der Waals surface area contributed by atoms with Crippen molar-refractivity contribution in [2.45, 2.75) is 38.2 Å². The number of aliphatic carboxylic acids is 1. The van der Waals surface area contributed by atoms with Gasteiger partial charge >= 0.3 is 5.97 Å². The van der Waals surface area contributed by atoms with Crippen LogP contribution in [0.4, 0.5) is 0 Å². The van der Waals surface area contributed by atoms with Crippen LogP contribution in [0.5, 0.6) is 0 Å². The second kappa shape index (κ2) is 5.04. The number of hydrogen-bond acceptors (Lipinski definition) is 3. The molecule has 0 aromatic carbocycles. The van der Waals surface area contributed by atoms with Crippen molar-refractivity contribution in [3.8, 4) is 0 Å². The average molecular weight is 241 g/mol. The number of carboxylic acids is 1. The van der Waals surface area contributed by atoms with E-state index in [9.17, 15) is 9.59 Å². The predicted octanol–water partition coefficient (Wildman–Crippen LogP) is 0.374. The highest BCUT2D eigenvalue weighted by molar-refractivity contribution is 5.82. The Kier molecular flexibility index (Phi) is 3.66. The van der Waals surface area contributed by atoms with Gasteiger partial charge in [0.2, 0.25) is 5.91 Å². The smallest absolute Gasteiger partial charge is 0.332 e. The maximum atomic E-state index is 11.8. The topological polar surface area (TPSA) is 86.6 Å². The van der Waals surface area contributed by atoms with E-state index in [2.05, 4.69) is 5.32 Å². The Bertz CT molecular complexity index is 306. The fourth-order valence-corrected chi connectivity index (χ4v) is 2.95. The van der Waals surface area contributed by atoms with E-state index in [1.165, 1.54) is 12.8 Å². The first-order valence-electron chi connectivity index (χ1n) is 6.30. The fourth-order valence-electron chi connectivity index (χ4n) is 2.95. The molecule has 96 valence electrons. The maximum Gasteiger partial charge on any atom is 0.332 e. The molecule has 5 nitrogen and oxygen atoms in total. The molecule has 0 heterocycles. The first kappa shape index (κ1) is 12.4. The van der Waals surface area contributed by atoms with E-state index in [4.69, 9.17) is 10.2 Å². The molecule has 2 aliphatic carbocycles. The predicted molar refractivity (Wildman–Crippen MR) is 60.2 cm³/mol. The van der Waals surface area contributed by atoms with Gasteiger partial charge < -0.3 is 15.5 Å². The molecular weight excluding hydrogens is 222 g/mol. The highest BCUT2D eigenvalue weighted by Crippen LogP contribution is 2.55. The van der Waals surface area contributed by atoms with Gasteiger partial charge in [-0.25, -0.2) is 4.79 Å². The quantitative estimate of drug-likeness (QED) is 0.649. The Labute approximate surface area is 100 Å². The normalized spacial score (nSPS) is 32.4. The first-order chi connectivity index (χ1) is 8.11. The highest BCUT2D eigenvalue weighted by Gasteiger charge is 2.54. The third-order valence-corrected chi connectivity index (χ3v) is 3.96. The Morgan fingerprint density at radius 2 is 1.82 bits per heavy atom. The molecule has 2 aliphatic rings. The van der Waals surface area contributed by atoms with E-state index in [1.807, 2.05) is 0 Å².